The van der Waals surface area contributed by atoms with Gasteiger partial charge in [0.05, 0.1) is 5.03 Å². The number of rotatable bonds is 6. The van der Waals surface area contributed by atoms with Crippen LogP contribution in [0.1, 0.15) is 31.0 Å². The number of halogens is 1. The van der Waals surface area contributed by atoms with E-state index in [4.69, 9.17) is 11.6 Å². The summed E-state index contributed by atoms with van der Waals surface area (Å²) in [6.45, 7) is 6.43. The van der Waals surface area contributed by atoms with Gasteiger partial charge in [0.2, 0.25) is 0 Å². The van der Waals surface area contributed by atoms with Gasteiger partial charge in [-0.1, -0.05) is 6.92 Å². The highest BCUT2D eigenvalue weighted by Gasteiger charge is 2.03. The Bertz CT molecular complexity index is 307. The smallest absolute Gasteiger partial charge is 0.0965 e. The van der Waals surface area contributed by atoms with Crippen LogP contribution >= 0.6 is 23.4 Å². The topological polar surface area (TPSA) is 12.9 Å². The second-order valence-electron chi connectivity index (χ2n) is 4.34. The maximum absolute atomic E-state index is 5.71. The van der Waals surface area contributed by atoms with E-state index < -0.39 is 0 Å². The fourth-order valence-electron chi connectivity index (χ4n) is 1.57. The van der Waals surface area contributed by atoms with Crippen LogP contribution in [0, 0.1) is 19.8 Å². The first-order chi connectivity index (χ1) is 7.61. The van der Waals surface area contributed by atoms with E-state index in [-0.39, 0.29) is 0 Å². The summed E-state index contributed by atoms with van der Waals surface area (Å²) in [5.74, 6) is 2.62. The maximum Gasteiger partial charge on any atom is 0.0965 e. The third kappa shape index (κ3) is 5.22. The third-order valence-electron chi connectivity index (χ3n) is 2.54. The minimum Gasteiger partial charge on any atom is -0.247 e. The van der Waals surface area contributed by atoms with E-state index in [1.807, 2.05) is 18.7 Å². The Morgan fingerprint density at radius 2 is 2.06 bits per heavy atom. The average molecular weight is 258 g/mol. The summed E-state index contributed by atoms with van der Waals surface area (Å²) in [5, 5.41) is 1.15. The fraction of sp³-hybridized carbons (Fsp3) is 0.615. The Hall–Kier alpha value is -0.210. The molecule has 90 valence electrons. The van der Waals surface area contributed by atoms with Crippen molar-refractivity contribution < 1.29 is 0 Å². The normalized spacial score (nSPS) is 12.8. The van der Waals surface area contributed by atoms with E-state index in [0.29, 0.717) is 0 Å². The third-order valence-corrected chi connectivity index (χ3v) is 3.70. The highest BCUT2D eigenvalue weighted by atomic mass is 35.5. The lowest BCUT2D eigenvalue weighted by molar-refractivity contribution is 0.552. The van der Waals surface area contributed by atoms with Crippen LogP contribution in [-0.2, 0) is 0 Å². The molecule has 1 unspecified atom stereocenters. The number of aryl methyl sites for hydroxylation is 2. The molecule has 1 rings (SSSR count). The van der Waals surface area contributed by atoms with Crippen molar-refractivity contribution >= 4 is 23.4 Å². The van der Waals surface area contributed by atoms with E-state index in [0.717, 1.165) is 34.7 Å². The zero-order chi connectivity index (χ0) is 12.0. The van der Waals surface area contributed by atoms with Gasteiger partial charge in [-0.2, -0.15) is 0 Å². The Morgan fingerprint density at radius 1 is 1.31 bits per heavy atom. The van der Waals surface area contributed by atoms with Gasteiger partial charge in [-0.05, 0) is 56.1 Å². The molecule has 1 atom stereocenters. The second-order valence-corrected chi connectivity index (χ2v) is 5.84. The molecular formula is C13H20ClNS. The lowest BCUT2D eigenvalue weighted by atomic mass is 10.1. The summed E-state index contributed by atoms with van der Waals surface area (Å²) in [7, 11) is 0. The SMILES string of the molecule is Cc1cc(C)nc(SCCC(C)CCCl)c1. The molecule has 0 aliphatic rings. The number of aromatic nitrogens is 1. The molecule has 1 aromatic heterocycles. The minimum absolute atomic E-state index is 0.718. The van der Waals surface area contributed by atoms with Crippen molar-refractivity contribution in [2.75, 3.05) is 11.6 Å². The fourth-order valence-corrected chi connectivity index (χ4v) is 3.15. The van der Waals surface area contributed by atoms with Crippen LogP contribution in [0.4, 0.5) is 0 Å². The summed E-state index contributed by atoms with van der Waals surface area (Å²) in [5.41, 5.74) is 2.40. The van der Waals surface area contributed by atoms with E-state index in [1.54, 1.807) is 0 Å². The van der Waals surface area contributed by atoms with E-state index in [1.165, 1.54) is 12.0 Å². The molecular weight excluding hydrogens is 238 g/mol. The number of hydrogen-bond donors (Lipinski definition) is 0. The second kappa shape index (κ2) is 7.18. The van der Waals surface area contributed by atoms with Gasteiger partial charge >= 0.3 is 0 Å². The van der Waals surface area contributed by atoms with Gasteiger partial charge in [0.1, 0.15) is 0 Å². The van der Waals surface area contributed by atoms with Crippen molar-refractivity contribution in [3.05, 3.63) is 23.4 Å². The predicted octanol–water partition coefficient (Wildman–Crippen LogP) is 4.45. The predicted molar refractivity (Wildman–Crippen MR) is 73.6 cm³/mol. The summed E-state index contributed by atoms with van der Waals surface area (Å²) in [4.78, 5) is 4.51. The quantitative estimate of drug-likeness (QED) is 0.552. The first-order valence-corrected chi connectivity index (χ1v) is 7.28. The molecule has 0 bridgehead atoms. The molecule has 16 heavy (non-hydrogen) atoms. The Balaban J connectivity index is 2.37. The van der Waals surface area contributed by atoms with Gasteiger partial charge in [0.25, 0.3) is 0 Å². The molecule has 0 saturated heterocycles. The Labute approximate surface area is 108 Å². The molecule has 0 aliphatic heterocycles. The van der Waals surface area contributed by atoms with Crippen molar-refractivity contribution in [1.29, 1.82) is 0 Å². The molecule has 1 heterocycles. The highest BCUT2D eigenvalue weighted by molar-refractivity contribution is 7.99. The average Bonchev–Trinajstić information content (AvgIpc) is 2.16. The van der Waals surface area contributed by atoms with Gasteiger partial charge in [0.15, 0.2) is 0 Å². The standard InChI is InChI=1S/C13H20ClNS/c1-10(4-6-14)5-7-16-13-9-11(2)8-12(3)15-13/h8-10H,4-7H2,1-3H3. The van der Waals surface area contributed by atoms with E-state index >= 15 is 0 Å². The monoisotopic (exact) mass is 257 g/mol. The number of thioether (sulfide) groups is 1. The Morgan fingerprint density at radius 3 is 2.69 bits per heavy atom. The van der Waals surface area contributed by atoms with Crippen molar-refractivity contribution in [2.24, 2.45) is 5.92 Å². The van der Waals surface area contributed by atoms with Gasteiger partial charge in [0, 0.05) is 11.6 Å². The zero-order valence-electron chi connectivity index (χ0n) is 10.3. The Kier molecular flexibility index (Phi) is 6.22. The van der Waals surface area contributed by atoms with Crippen LogP contribution < -0.4 is 0 Å². The van der Waals surface area contributed by atoms with Crippen molar-refractivity contribution in [2.45, 2.75) is 38.6 Å². The molecule has 0 amide bonds. The maximum atomic E-state index is 5.71. The molecule has 0 spiro atoms. The van der Waals surface area contributed by atoms with Crippen molar-refractivity contribution in [3.63, 3.8) is 0 Å². The minimum atomic E-state index is 0.718. The lowest BCUT2D eigenvalue weighted by Crippen LogP contribution is -1.97. The summed E-state index contributed by atoms with van der Waals surface area (Å²) < 4.78 is 0. The van der Waals surface area contributed by atoms with Crippen molar-refractivity contribution in [3.8, 4) is 0 Å². The molecule has 0 saturated carbocycles. The molecule has 0 radical (unpaired) electrons. The van der Waals surface area contributed by atoms with Gasteiger partial charge in [-0.3, -0.25) is 0 Å². The zero-order valence-corrected chi connectivity index (χ0v) is 11.9. The van der Waals surface area contributed by atoms with Crippen molar-refractivity contribution in [1.82, 2.24) is 4.98 Å². The summed E-state index contributed by atoms with van der Waals surface area (Å²) in [6.07, 6.45) is 2.33. The van der Waals surface area contributed by atoms with Crippen LogP contribution in [0.15, 0.2) is 17.2 Å². The molecule has 0 aliphatic carbocycles. The summed E-state index contributed by atoms with van der Waals surface area (Å²) in [6, 6.07) is 4.27. The van der Waals surface area contributed by atoms with Crippen LogP contribution in [0.2, 0.25) is 0 Å². The first-order valence-electron chi connectivity index (χ1n) is 5.76. The van der Waals surface area contributed by atoms with Gasteiger partial charge in [-0.25, -0.2) is 4.98 Å². The molecule has 3 heteroatoms. The molecule has 1 aromatic rings. The number of hydrogen-bond acceptors (Lipinski definition) is 2. The van der Waals surface area contributed by atoms with Crippen LogP contribution in [0.3, 0.4) is 0 Å². The molecule has 1 nitrogen and oxygen atoms in total. The van der Waals surface area contributed by atoms with Crippen LogP contribution in [0.25, 0.3) is 0 Å². The van der Waals surface area contributed by atoms with Crippen LogP contribution in [-0.4, -0.2) is 16.6 Å². The first kappa shape index (κ1) is 13.9. The van der Waals surface area contributed by atoms with Gasteiger partial charge in [-0.15, -0.1) is 23.4 Å². The summed E-state index contributed by atoms with van der Waals surface area (Å²) >= 11 is 7.56. The number of alkyl halides is 1. The molecule has 0 N–H and O–H groups in total. The van der Waals surface area contributed by atoms with E-state index in [9.17, 15) is 0 Å². The largest absolute Gasteiger partial charge is 0.247 e. The molecule has 0 aromatic carbocycles. The van der Waals surface area contributed by atoms with Gasteiger partial charge < -0.3 is 0 Å². The van der Waals surface area contributed by atoms with Crippen LogP contribution in [0.5, 0.6) is 0 Å². The van der Waals surface area contributed by atoms with E-state index in [2.05, 4.69) is 31.0 Å². The highest BCUT2D eigenvalue weighted by Crippen LogP contribution is 2.21. The molecule has 0 fully saturated rings. The number of nitrogens with zero attached hydrogens (tertiary/aromatic N) is 1. The number of pyridine rings is 1. The lowest BCUT2D eigenvalue weighted by Gasteiger charge is -2.08.